The van der Waals surface area contributed by atoms with E-state index in [0.717, 1.165) is 12.5 Å². The third-order valence-electron chi connectivity index (χ3n) is 4.90. The second-order valence-electron chi connectivity index (χ2n) is 6.37. The summed E-state index contributed by atoms with van der Waals surface area (Å²) in [5.74, 6) is 1.46. The van der Waals surface area contributed by atoms with Crippen LogP contribution < -0.4 is 5.73 Å². The summed E-state index contributed by atoms with van der Waals surface area (Å²) in [7, 11) is 0. The maximum absolute atomic E-state index is 12.7. The van der Waals surface area contributed by atoms with Gasteiger partial charge in [-0.15, -0.1) is 0 Å². The highest BCUT2D eigenvalue weighted by Crippen LogP contribution is 2.36. The third kappa shape index (κ3) is 2.71. The Kier molecular flexibility index (Phi) is 4.66. The second kappa shape index (κ2) is 6.05. The molecule has 104 valence electrons. The average molecular weight is 252 g/mol. The van der Waals surface area contributed by atoms with Crippen LogP contribution in [0.15, 0.2) is 0 Å². The number of piperidine rings is 1. The molecule has 1 saturated heterocycles. The quantitative estimate of drug-likeness (QED) is 0.838. The SMILES string of the molecule is CC(C)C(CN)C(=O)N1CCCC2CCCCC21. The first-order chi connectivity index (χ1) is 8.65. The Bertz CT molecular complexity index is 288. The lowest BCUT2D eigenvalue weighted by molar-refractivity contribution is -0.143. The topological polar surface area (TPSA) is 46.3 Å². The summed E-state index contributed by atoms with van der Waals surface area (Å²) in [6.07, 6.45) is 7.69. The van der Waals surface area contributed by atoms with Crippen LogP contribution in [0.3, 0.4) is 0 Å². The van der Waals surface area contributed by atoms with E-state index in [2.05, 4.69) is 18.7 Å². The molecule has 0 bridgehead atoms. The fourth-order valence-corrected chi connectivity index (χ4v) is 3.77. The van der Waals surface area contributed by atoms with Gasteiger partial charge >= 0.3 is 0 Å². The number of carbonyl (C=O) groups excluding carboxylic acids is 1. The van der Waals surface area contributed by atoms with Crippen LogP contribution in [-0.2, 0) is 4.79 Å². The van der Waals surface area contributed by atoms with Gasteiger partial charge in [-0.1, -0.05) is 26.7 Å². The van der Waals surface area contributed by atoms with Crippen LogP contribution in [0.1, 0.15) is 52.4 Å². The molecule has 2 aliphatic rings. The van der Waals surface area contributed by atoms with Crippen molar-refractivity contribution in [2.75, 3.05) is 13.1 Å². The number of nitrogens with two attached hydrogens (primary N) is 1. The van der Waals surface area contributed by atoms with Gasteiger partial charge in [0.1, 0.15) is 0 Å². The van der Waals surface area contributed by atoms with Crippen LogP contribution in [-0.4, -0.2) is 29.9 Å². The van der Waals surface area contributed by atoms with Crippen molar-refractivity contribution in [3.05, 3.63) is 0 Å². The molecule has 0 aromatic carbocycles. The number of fused-ring (bicyclic) bond motifs is 1. The minimum atomic E-state index is 0.0191. The Balaban J connectivity index is 2.07. The van der Waals surface area contributed by atoms with E-state index >= 15 is 0 Å². The summed E-state index contributed by atoms with van der Waals surface area (Å²) in [6.45, 7) is 5.67. The highest BCUT2D eigenvalue weighted by atomic mass is 16.2. The summed E-state index contributed by atoms with van der Waals surface area (Å²) in [5.41, 5.74) is 5.80. The van der Waals surface area contributed by atoms with Crippen LogP contribution in [0, 0.1) is 17.8 Å². The van der Waals surface area contributed by atoms with E-state index in [1.807, 2.05) is 0 Å². The Morgan fingerprint density at radius 3 is 2.56 bits per heavy atom. The summed E-state index contributed by atoms with van der Waals surface area (Å²) >= 11 is 0. The van der Waals surface area contributed by atoms with Gasteiger partial charge in [0, 0.05) is 19.1 Å². The molecular formula is C15H28N2O. The van der Waals surface area contributed by atoms with Crippen molar-refractivity contribution in [3.8, 4) is 0 Å². The molecule has 0 spiro atoms. The van der Waals surface area contributed by atoms with E-state index in [-0.39, 0.29) is 5.92 Å². The van der Waals surface area contributed by atoms with E-state index in [1.54, 1.807) is 0 Å². The number of hydrogen-bond acceptors (Lipinski definition) is 2. The molecule has 3 atom stereocenters. The molecule has 3 unspecified atom stereocenters. The Hall–Kier alpha value is -0.570. The molecule has 0 radical (unpaired) electrons. The fraction of sp³-hybridized carbons (Fsp3) is 0.933. The lowest BCUT2D eigenvalue weighted by Gasteiger charge is -2.45. The molecule has 1 amide bonds. The zero-order valence-electron chi connectivity index (χ0n) is 11.9. The van der Waals surface area contributed by atoms with Gasteiger partial charge in [-0.2, -0.15) is 0 Å². The minimum absolute atomic E-state index is 0.0191. The van der Waals surface area contributed by atoms with E-state index in [9.17, 15) is 4.79 Å². The van der Waals surface area contributed by atoms with Crippen molar-refractivity contribution in [2.45, 2.75) is 58.4 Å². The molecule has 0 aromatic heterocycles. The number of amides is 1. The van der Waals surface area contributed by atoms with Crippen molar-refractivity contribution in [1.29, 1.82) is 0 Å². The first kappa shape index (κ1) is 13.9. The summed E-state index contributed by atoms with van der Waals surface area (Å²) < 4.78 is 0. The monoisotopic (exact) mass is 252 g/mol. The molecule has 2 N–H and O–H groups in total. The van der Waals surface area contributed by atoms with Gasteiger partial charge < -0.3 is 10.6 Å². The van der Waals surface area contributed by atoms with Gasteiger partial charge in [-0.3, -0.25) is 4.79 Å². The molecule has 0 aromatic rings. The predicted octanol–water partition coefficient (Wildman–Crippen LogP) is 2.40. The number of nitrogens with zero attached hydrogens (tertiary/aromatic N) is 1. The molecule has 1 saturated carbocycles. The second-order valence-corrected chi connectivity index (χ2v) is 6.37. The molecule has 2 rings (SSSR count). The van der Waals surface area contributed by atoms with Crippen LogP contribution in [0.2, 0.25) is 0 Å². The summed E-state index contributed by atoms with van der Waals surface area (Å²) in [4.78, 5) is 14.9. The van der Waals surface area contributed by atoms with Gasteiger partial charge in [0.15, 0.2) is 0 Å². The van der Waals surface area contributed by atoms with Crippen LogP contribution >= 0.6 is 0 Å². The highest BCUT2D eigenvalue weighted by Gasteiger charge is 2.38. The molecule has 1 aliphatic heterocycles. The van der Waals surface area contributed by atoms with Crippen molar-refractivity contribution in [3.63, 3.8) is 0 Å². The summed E-state index contributed by atoms with van der Waals surface area (Å²) in [5, 5.41) is 0. The highest BCUT2D eigenvalue weighted by molar-refractivity contribution is 5.79. The van der Waals surface area contributed by atoms with Gasteiger partial charge in [0.25, 0.3) is 0 Å². The van der Waals surface area contributed by atoms with Gasteiger partial charge in [-0.05, 0) is 37.5 Å². The van der Waals surface area contributed by atoms with Crippen molar-refractivity contribution in [2.24, 2.45) is 23.5 Å². The number of hydrogen-bond donors (Lipinski definition) is 1. The van der Waals surface area contributed by atoms with E-state index in [0.29, 0.717) is 24.4 Å². The normalized spacial score (nSPS) is 30.1. The third-order valence-corrected chi connectivity index (χ3v) is 4.90. The van der Waals surface area contributed by atoms with Gasteiger partial charge in [0.05, 0.1) is 5.92 Å². The molecule has 3 heteroatoms. The predicted molar refractivity (Wildman–Crippen MR) is 74.1 cm³/mol. The molecule has 18 heavy (non-hydrogen) atoms. The lowest BCUT2D eigenvalue weighted by atomic mass is 9.77. The minimum Gasteiger partial charge on any atom is -0.339 e. The largest absolute Gasteiger partial charge is 0.339 e. The van der Waals surface area contributed by atoms with Crippen molar-refractivity contribution in [1.82, 2.24) is 4.90 Å². The molecule has 1 heterocycles. The van der Waals surface area contributed by atoms with Crippen molar-refractivity contribution >= 4 is 5.91 Å². The summed E-state index contributed by atoms with van der Waals surface area (Å²) in [6, 6.07) is 0.521. The Morgan fingerprint density at radius 2 is 1.89 bits per heavy atom. The zero-order chi connectivity index (χ0) is 13.1. The maximum Gasteiger partial charge on any atom is 0.227 e. The lowest BCUT2D eigenvalue weighted by Crippen LogP contribution is -2.53. The Morgan fingerprint density at radius 1 is 1.22 bits per heavy atom. The first-order valence-electron chi connectivity index (χ1n) is 7.65. The number of carbonyl (C=O) groups is 1. The van der Waals surface area contributed by atoms with Crippen molar-refractivity contribution < 1.29 is 4.79 Å². The fourth-order valence-electron chi connectivity index (χ4n) is 3.77. The van der Waals surface area contributed by atoms with E-state index in [4.69, 9.17) is 5.73 Å². The molecule has 3 nitrogen and oxygen atoms in total. The molecule has 2 fully saturated rings. The van der Waals surface area contributed by atoms with Crippen LogP contribution in [0.4, 0.5) is 0 Å². The Labute approximate surface area is 111 Å². The molecule has 1 aliphatic carbocycles. The van der Waals surface area contributed by atoms with Crippen LogP contribution in [0.5, 0.6) is 0 Å². The van der Waals surface area contributed by atoms with Gasteiger partial charge in [-0.25, -0.2) is 0 Å². The van der Waals surface area contributed by atoms with Gasteiger partial charge in [0.2, 0.25) is 5.91 Å². The van der Waals surface area contributed by atoms with E-state index < -0.39 is 0 Å². The first-order valence-corrected chi connectivity index (χ1v) is 7.65. The number of rotatable bonds is 3. The average Bonchev–Trinajstić information content (AvgIpc) is 2.38. The number of likely N-dealkylation sites (tertiary alicyclic amines) is 1. The maximum atomic E-state index is 12.7. The standard InChI is InChI=1S/C15H28N2O/c1-11(2)13(10-16)15(18)17-9-5-7-12-6-3-4-8-14(12)17/h11-14H,3-10,16H2,1-2H3. The van der Waals surface area contributed by atoms with Crippen LogP contribution in [0.25, 0.3) is 0 Å². The van der Waals surface area contributed by atoms with E-state index in [1.165, 1.54) is 38.5 Å². The molecular weight excluding hydrogens is 224 g/mol. The smallest absolute Gasteiger partial charge is 0.227 e. The zero-order valence-corrected chi connectivity index (χ0v) is 11.9.